The Morgan fingerprint density at radius 2 is 1.29 bits per heavy atom. The van der Waals surface area contributed by atoms with E-state index in [1.54, 1.807) is 0 Å². The van der Waals surface area contributed by atoms with Crippen molar-refractivity contribution >= 4 is 16.7 Å². The lowest BCUT2D eigenvalue weighted by molar-refractivity contribution is -0.133. The fraction of sp³-hybridized carbons (Fsp3) is 0.205. The third-order valence-electron chi connectivity index (χ3n) is 8.57. The third kappa shape index (κ3) is 5.53. The van der Waals surface area contributed by atoms with Gasteiger partial charge in [0.1, 0.15) is 5.60 Å². The van der Waals surface area contributed by atoms with E-state index in [0.717, 1.165) is 29.5 Å². The smallest absolute Gasteiger partial charge is 0.226 e. The molecule has 5 aromatic carbocycles. The zero-order valence-electron chi connectivity index (χ0n) is 23.9. The van der Waals surface area contributed by atoms with E-state index in [4.69, 9.17) is 4.74 Å². The number of carbonyl (C=O) groups excluding carboxylic acids is 1. The predicted molar refractivity (Wildman–Crippen MR) is 171 cm³/mol. The Bertz CT molecular complexity index is 1530. The Labute approximate surface area is 249 Å². The van der Waals surface area contributed by atoms with Crippen LogP contribution in [0, 0.1) is 5.92 Å². The molecule has 1 heterocycles. The maximum absolute atomic E-state index is 13.7. The van der Waals surface area contributed by atoms with Crippen molar-refractivity contribution in [3.8, 4) is 0 Å². The molecule has 0 bridgehead atoms. The molecule has 3 heteroatoms. The molecule has 0 saturated carbocycles. The quantitative estimate of drug-likeness (QED) is 0.122. The number of likely N-dealkylation sites (tertiary alicyclic amines) is 1. The molecule has 1 aliphatic rings. The van der Waals surface area contributed by atoms with Crippen LogP contribution in [-0.2, 0) is 21.6 Å². The first kappa shape index (κ1) is 27.7. The molecule has 2 atom stereocenters. The average molecular weight is 552 g/mol. The number of amides is 1. The van der Waals surface area contributed by atoms with Crippen LogP contribution in [0.5, 0.6) is 0 Å². The lowest BCUT2D eigenvalue weighted by atomic mass is 9.80. The molecule has 0 N–H and O–H groups in total. The second kappa shape index (κ2) is 12.6. The molecule has 0 spiro atoms. The van der Waals surface area contributed by atoms with E-state index in [1.807, 2.05) is 24.3 Å². The van der Waals surface area contributed by atoms with E-state index < -0.39 is 5.60 Å². The molecule has 5 aromatic rings. The second-order valence-corrected chi connectivity index (χ2v) is 11.2. The van der Waals surface area contributed by atoms with Crippen molar-refractivity contribution in [2.75, 3.05) is 13.2 Å². The second-order valence-electron chi connectivity index (χ2n) is 11.2. The van der Waals surface area contributed by atoms with E-state index in [-0.39, 0.29) is 17.9 Å². The first-order chi connectivity index (χ1) is 20.7. The van der Waals surface area contributed by atoms with Crippen LogP contribution in [0.25, 0.3) is 10.8 Å². The van der Waals surface area contributed by atoms with E-state index in [2.05, 4.69) is 127 Å². The molecule has 6 rings (SSSR count). The maximum Gasteiger partial charge on any atom is 0.226 e. The summed E-state index contributed by atoms with van der Waals surface area (Å²) >= 11 is 0. The van der Waals surface area contributed by atoms with Crippen LogP contribution in [0.1, 0.15) is 35.1 Å². The minimum Gasteiger partial charge on any atom is -0.359 e. The maximum atomic E-state index is 13.7. The summed E-state index contributed by atoms with van der Waals surface area (Å²) in [5.74, 6) is 0.140. The zero-order valence-corrected chi connectivity index (χ0v) is 23.9. The van der Waals surface area contributed by atoms with Crippen molar-refractivity contribution in [2.45, 2.75) is 30.9 Å². The molecule has 1 saturated heterocycles. The van der Waals surface area contributed by atoms with E-state index >= 15 is 0 Å². The molecular formula is C39H37NO2. The molecule has 42 heavy (non-hydrogen) atoms. The fourth-order valence-corrected chi connectivity index (χ4v) is 6.45. The number of carbonyl (C=O) groups is 1. The number of hydrogen-bond acceptors (Lipinski definition) is 2. The number of allylic oxidation sites excluding steroid dienone is 1. The standard InChI is InChI=1S/C39H37NO2/c1-2-14-33-28-37(40(38(33)41)26-25-30-23-24-31-15-12-13-16-32(31)27-30)29-42-39(34-17-6-3-7-18-34,35-19-8-4-9-20-35)36-21-10-5-11-22-36/h2-13,15-24,27,33,37H,1,14,25-26,28-29H2/t33-,37+/m1/s1. The van der Waals surface area contributed by atoms with Gasteiger partial charge in [0, 0.05) is 12.5 Å². The molecular weight excluding hydrogens is 514 g/mol. The van der Waals surface area contributed by atoms with Gasteiger partial charge in [0.2, 0.25) is 5.91 Å². The van der Waals surface area contributed by atoms with Crippen LogP contribution in [0.3, 0.4) is 0 Å². The summed E-state index contributed by atoms with van der Waals surface area (Å²) in [6.45, 7) is 5.02. The SMILES string of the molecule is C=CC[C@@H]1C[C@@H](COC(c2ccccc2)(c2ccccc2)c2ccccc2)N(CCc2ccc3ccccc3c2)C1=O. The molecule has 0 aliphatic carbocycles. The van der Waals surface area contributed by atoms with Crippen LogP contribution in [0.4, 0.5) is 0 Å². The Hall–Kier alpha value is -4.47. The van der Waals surface area contributed by atoms with Gasteiger partial charge in [-0.2, -0.15) is 0 Å². The first-order valence-electron chi connectivity index (χ1n) is 14.9. The summed E-state index contributed by atoms with van der Waals surface area (Å²) in [6, 6.07) is 46.3. The van der Waals surface area contributed by atoms with Gasteiger partial charge in [-0.15, -0.1) is 6.58 Å². The largest absolute Gasteiger partial charge is 0.359 e. The van der Waals surface area contributed by atoms with Crippen LogP contribution in [0.2, 0.25) is 0 Å². The Morgan fingerprint density at radius 1 is 0.738 bits per heavy atom. The number of hydrogen-bond donors (Lipinski definition) is 0. The molecule has 3 nitrogen and oxygen atoms in total. The normalized spacial score (nSPS) is 17.0. The molecule has 1 aliphatic heterocycles. The first-order valence-corrected chi connectivity index (χ1v) is 14.9. The van der Waals surface area contributed by atoms with Crippen molar-refractivity contribution < 1.29 is 9.53 Å². The molecule has 1 amide bonds. The topological polar surface area (TPSA) is 29.5 Å². The van der Waals surface area contributed by atoms with Gasteiger partial charge in [-0.25, -0.2) is 0 Å². The summed E-state index contributed by atoms with van der Waals surface area (Å²) in [5.41, 5.74) is 3.62. The van der Waals surface area contributed by atoms with Crippen molar-refractivity contribution in [2.24, 2.45) is 5.92 Å². The van der Waals surface area contributed by atoms with Crippen LogP contribution in [-0.4, -0.2) is 30.0 Å². The van der Waals surface area contributed by atoms with E-state index in [9.17, 15) is 4.79 Å². The highest BCUT2D eigenvalue weighted by atomic mass is 16.5. The highest BCUT2D eigenvalue weighted by molar-refractivity contribution is 5.83. The summed E-state index contributed by atoms with van der Waals surface area (Å²) in [5, 5.41) is 2.46. The molecule has 0 unspecified atom stereocenters. The highest BCUT2D eigenvalue weighted by Gasteiger charge is 2.42. The Kier molecular flexibility index (Phi) is 8.30. The van der Waals surface area contributed by atoms with Crippen LogP contribution in [0.15, 0.2) is 146 Å². The average Bonchev–Trinajstić information content (AvgIpc) is 3.35. The number of benzene rings is 5. The van der Waals surface area contributed by atoms with Crippen molar-refractivity contribution in [1.29, 1.82) is 0 Å². The minimum absolute atomic E-state index is 0.0292. The monoisotopic (exact) mass is 551 g/mol. The Morgan fingerprint density at radius 3 is 1.86 bits per heavy atom. The van der Waals surface area contributed by atoms with Gasteiger partial charge in [0.05, 0.1) is 12.6 Å². The number of fused-ring (bicyclic) bond motifs is 1. The van der Waals surface area contributed by atoms with E-state index in [0.29, 0.717) is 19.6 Å². The van der Waals surface area contributed by atoms with Gasteiger partial charge in [0.25, 0.3) is 0 Å². The molecule has 0 radical (unpaired) electrons. The molecule has 210 valence electrons. The van der Waals surface area contributed by atoms with Crippen LogP contribution >= 0.6 is 0 Å². The predicted octanol–water partition coefficient (Wildman–Crippen LogP) is 8.18. The summed E-state index contributed by atoms with van der Waals surface area (Å²) in [7, 11) is 0. The highest BCUT2D eigenvalue weighted by Crippen LogP contribution is 2.41. The van der Waals surface area contributed by atoms with Gasteiger partial charge >= 0.3 is 0 Å². The van der Waals surface area contributed by atoms with Gasteiger partial charge in [-0.1, -0.05) is 140 Å². The van der Waals surface area contributed by atoms with Crippen molar-refractivity contribution in [3.05, 3.63) is 168 Å². The van der Waals surface area contributed by atoms with Crippen molar-refractivity contribution in [1.82, 2.24) is 4.90 Å². The van der Waals surface area contributed by atoms with Gasteiger partial charge in [0.15, 0.2) is 0 Å². The lowest BCUT2D eigenvalue weighted by Crippen LogP contribution is -2.42. The molecule has 1 fully saturated rings. The Balaban J connectivity index is 1.32. The number of ether oxygens (including phenoxy) is 1. The fourth-order valence-electron chi connectivity index (χ4n) is 6.45. The number of rotatable bonds is 11. The lowest BCUT2D eigenvalue weighted by Gasteiger charge is -2.38. The van der Waals surface area contributed by atoms with Crippen LogP contribution < -0.4 is 0 Å². The summed E-state index contributed by atoms with van der Waals surface area (Å²) in [4.78, 5) is 15.8. The van der Waals surface area contributed by atoms with Crippen molar-refractivity contribution in [3.63, 3.8) is 0 Å². The van der Waals surface area contributed by atoms with Gasteiger partial charge in [-0.3, -0.25) is 4.79 Å². The summed E-state index contributed by atoms with van der Waals surface area (Å²) in [6.07, 6.45) is 4.12. The zero-order chi connectivity index (χ0) is 28.8. The van der Waals surface area contributed by atoms with Gasteiger partial charge in [-0.05, 0) is 52.3 Å². The van der Waals surface area contributed by atoms with Gasteiger partial charge < -0.3 is 9.64 Å². The van der Waals surface area contributed by atoms with E-state index in [1.165, 1.54) is 16.3 Å². The molecule has 0 aromatic heterocycles. The third-order valence-corrected chi connectivity index (χ3v) is 8.57. The number of nitrogens with zero attached hydrogens (tertiary/aromatic N) is 1. The summed E-state index contributed by atoms with van der Waals surface area (Å²) < 4.78 is 7.17. The minimum atomic E-state index is -0.812.